The molecule has 6 nitrogen and oxygen atoms in total. The zero-order valence-corrected chi connectivity index (χ0v) is 11.8. The molecule has 0 bridgehead atoms. The molecule has 2 rings (SSSR count). The minimum atomic E-state index is 0.642. The molecule has 0 saturated heterocycles. The third kappa shape index (κ3) is 2.62. The van der Waals surface area contributed by atoms with Crippen LogP contribution in [0.15, 0.2) is 18.2 Å². The third-order valence-corrected chi connectivity index (χ3v) is 2.75. The molecule has 2 aromatic rings. The average molecular weight is 262 g/mol. The van der Waals surface area contributed by atoms with E-state index in [1.54, 1.807) is 18.9 Å². The highest BCUT2D eigenvalue weighted by Crippen LogP contribution is 2.28. The van der Waals surface area contributed by atoms with E-state index < -0.39 is 0 Å². The monoisotopic (exact) mass is 262 g/mol. The summed E-state index contributed by atoms with van der Waals surface area (Å²) < 4.78 is 12.2. The van der Waals surface area contributed by atoms with Gasteiger partial charge in [-0.25, -0.2) is 4.68 Å². The first-order valence-electron chi connectivity index (χ1n) is 5.87. The molecule has 1 aromatic carbocycles. The number of methoxy groups -OCH3 is 2. The highest BCUT2D eigenvalue weighted by atomic mass is 16.5. The predicted octanol–water partition coefficient (Wildman–Crippen LogP) is 1.57. The number of benzene rings is 1. The molecule has 1 aromatic heterocycles. The Hall–Kier alpha value is -2.24. The molecule has 1 heterocycles. The highest BCUT2D eigenvalue weighted by molar-refractivity contribution is 5.62. The normalized spacial score (nSPS) is 10.4. The molecule has 0 aliphatic carbocycles. The van der Waals surface area contributed by atoms with E-state index in [1.807, 2.05) is 44.2 Å². The summed E-state index contributed by atoms with van der Waals surface area (Å²) in [6.45, 7) is 0. The van der Waals surface area contributed by atoms with Gasteiger partial charge < -0.3 is 14.4 Å². The lowest BCUT2D eigenvalue weighted by Crippen LogP contribution is -2.14. The van der Waals surface area contributed by atoms with Gasteiger partial charge in [-0.1, -0.05) is 0 Å². The standard InChI is InChI=1S/C13H18N4O2/c1-16(2)13-14-12(15-17(13)3)9-6-10(18-4)8-11(7-9)19-5/h6-8H,1-5H3. The van der Waals surface area contributed by atoms with Crippen molar-refractivity contribution in [3.63, 3.8) is 0 Å². The van der Waals surface area contributed by atoms with Crippen molar-refractivity contribution >= 4 is 5.95 Å². The summed E-state index contributed by atoms with van der Waals surface area (Å²) in [4.78, 5) is 6.41. The lowest BCUT2D eigenvalue weighted by atomic mass is 10.2. The number of hydrogen-bond donors (Lipinski definition) is 0. The molecule has 0 fully saturated rings. The number of anilines is 1. The van der Waals surface area contributed by atoms with Crippen molar-refractivity contribution in [1.29, 1.82) is 0 Å². The molecule has 0 N–H and O–H groups in total. The minimum absolute atomic E-state index is 0.642. The molecular weight excluding hydrogens is 244 g/mol. The number of ether oxygens (including phenoxy) is 2. The lowest BCUT2D eigenvalue weighted by Gasteiger charge is -2.08. The molecule has 0 radical (unpaired) electrons. The van der Waals surface area contributed by atoms with Crippen LogP contribution in [0.4, 0.5) is 5.95 Å². The molecule has 102 valence electrons. The van der Waals surface area contributed by atoms with E-state index >= 15 is 0 Å². The quantitative estimate of drug-likeness (QED) is 0.837. The summed E-state index contributed by atoms with van der Waals surface area (Å²) in [6, 6.07) is 5.59. The Kier molecular flexibility index (Phi) is 3.59. The van der Waals surface area contributed by atoms with Crippen molar-refractivity contribution in [1.82, 2.24) is 14.8 Å². The Balaban J connectivity index is 2.49. The van der Waals surface area contributed by atoms with Gasteiger partial charge in [-0.2, -0.15) is 4.98 Å². The van der Waals surface area contributed by atoms with Crippen molar-refractivity contribution in [2.45, 2.75) is 0 Å². The fraction of sp³-hybridized carbons (Fsp3) is 0.385. The Morgan fingerprint density at radius 1 is 1.05 bits per heavy atom. The van der Waals surface area contributed by atoms with Crippen LogP contribution in [0, 0.1) is 0 Å². The van der Waals surface area contributed by atoms with Gasteiger partial charge >= 0.3 is 0 Å². The summed E-state index contributed by atoms with van der Waals surface area (Å²) in [7, 11) is 8.97. The summed E-state index contributed by atoms with van der Waals surface area (Å²) in [6.07, 6.45) is 0. The maximum atomic E-state index is 5.25. The second-order valence-electron chi connectivity index (χ2n) is 4.35. The highest BCUT2D eigenvalue weighted by Gasteiger charge is 2.12. The van der Waals surface area contributed by atoms with Crippen molar-refractivity contribution in [3.8, 4) is 22.9 Å². The van der Waals surface area contributed by atoms with E-state index in [0.29, 0.717) is 17.3 Å². The van der Waals surface area contributed by atoms with E-state index in [1.165, 1.54) is 0 Å². The van der Waals surface area contributed by atoms with Crippen molar-refractivity contribution in [2.75, 3.05) is 33.2 Å². The van der Waals surface area contributed by atoms with Crippen molar-refractivity contribution < 1.29 is 9.47 Å². The third-order valence-electron chi connectivity index (χ3n) is 2.75. The topological polar surface area (TPSA) is 52.4 Å². The second-order valence-corrected chi connectivity index (χ2v) is 4.35. The number of rotatable bonds is 4. The van der Waals surface area contributed by atoms with Gasteiger partial charge in [-0.05, 0) is 12.1 Å². The van der Waals surface area contributed by atoms with Crippen LogP contribution in [0.25, 0.3) is 11.4 Å². The maximum Gasteiger partial charge on any atom is 0.223 e. The Morgan fingerprint density at radius 2 is 1.63 bits per heavy atom. The zero-order valence-electron chi connectivity index (χ0n) is 11.8. The molecule has 0 aliphatic rings. The van der Waals surface area contributed by atoms with Crippen LogP contribution in [-0.2, 0) is 7.05 Å². The van der Waals surface area contributed by atoms with Crippen LogP contribution in [-0.4, -0.2) is 43.1 Å². The lowest BCUT2D eigenvalue weighted by molar-refractivity contribution is 0.394. The van der Waals surface area contributed by atoms with Gasteiger partial charge in [-0.15, -0.1) is 5.10 Å². The average Bonchev–Trinajstić information content (AvgIpc) is 2.80. The van der Waals surface area contributed by atoms with Gasteiger partial charge in [0.2, 0.25) is 5.95 Å². The predicted molar refractivity (Wildman–Crippen MR) is 73.9 cm³/mol. The number of aromatic nitrogens is 3. The van der Waals surface area contributed by atoms with Crippen LogP contribution < -0.4 is 14.4 Å². The minimum Gasteiger partial charge on any atom is -0.497 e. The van der Waals surface area contributed by atoms with Gasteiger partial charge in [0.1, 0.15) is 11.5 Å². The maximum absolute atomic E-state index is 5.25. The van der Waals surface area contributed by atoms with E-state index in [2.05, 4.69) is 10.1 Å². The number of hydrogen-bond acceptors (Lipinski definition) is 5. The van der Waals surface area contributed by atoms with Gasteiger partial charge in [0, 0.05) is 32.8 Å². The number of nitrogens with zero attached hydrogens (tertiary/aromatic N) is 4. The Labute approximate surface area is 112 Å². The Morgan fingerprint density at radius 3 is 2.05 bits per heavy atom. The van der Waals surface area contributed by atoms with Crippen LogP contribution in [0.5, 0.6) is 11.5 Å². The van der Waals surface area contributed by atoms with Crippen molar-refractivity contribution in [3.05, 3.63) is 18.2 Å². The van der Waals surface area contributed by atoms with Crippen LogP contribution in [0.1, 0.15) is 0 Å². The van der Waals surface area contributed by atoms with Gasteiger partial charge in [0.05, 0.1) is 14.2 Å². The summed E-state index contributed by atoms with van der Waals surface area (Å²) in [5.41, 5.74) is 0.861. The first kappa shape index (κ1) is 13.2. The van der Waals surface area contributed by atoms with Gasteiger partial charge in [0.15, 0.2) is 5.82 Å². The van der Waals surface area contributed by atoms with Crippen LogP contribution in [0.3, 0.4) is 0 Å². The molecular formula is C13H18N4O2. The first-order chi connectivity index (χ1) is 9.05. The summed E-state index contributed by atoms with van der Waals surface area (Å²) in [5.74, 6) is 2.86. The first-order valence-corrected chi connectivity index (χ1v) is 5.87. The Bertz CT molecular complexity index is 556. The van der Waals surface area contributed by atoms with E-state index in [9.17, 15) is 0 Å². The molecule has 0 saturated carbocycles. The number of aryl methyl sites for hydroxylation is 1. The van der Waals surface area contributed by atoms with E-state index in [0.717, 1.165) is 11.5 Å². The smallest absolute Gasteiger partial charge is 0.223 e. The summed E-state index contributed by atoms with van der Waals surface area (Å²) >= 11 is 0. The molecule has 0 aliphatic heterocycles. The van der Waals surface area contributed by atoms with Crippen LogP contribution >= 0.6 is 0 Å². The molecule has 0 spiro atoms. The second kappa shape index (κ2) is 5.17. The molecule has 0 atom stereocenters. The zero-order chi connectivity index (χ0) is 14.0. The van der Waals surface area contributed by atoms with Crippen molar-refractivity contribution in [2.24, 2.45) is 7.05 Å². The van der Waals surface area contributed by atoms with E-state index in [-0.39, 0.29) is 0 Å². The SMILES string of the molecule is COc1cc(OC)cc(-c2nc(N(C)C)n(C)n2)c1. The molecule has 0 amide bonds. The van der Waals surface area contributed by atoms with E-state index in [4.69, 9.17) is 9.47 Å². The molecule has 19 heavy (non-hydrogen) atoms. The van der Waals surface area contributed by atoms with Crippen LogP contribution in [0.2, 0.25) is 0 Å². The summed E-state index contributed by atoms with van der Waals surface area (Å²) in [5, 5.41) is 4.41. The largest absolute Gasteiger partial charge is 0.497 e. The fourth-order valence-electron chi connectivity index (χ4n) is 1.82. The fourth-order valence-corrected chi connectivity index (χ4v) is 1.82. The van der Waals surface area contributed by atoms with Gasteiger partial charge in [0.25, 0.3) is 0 Å². The molecule has 0 unspecified atom stereocenters. The van der Waals surface area contributed by atoms with Gasteiger partial charge in [-0.3, -0.25) is 0 Å². The molecule has 6 heteroatoms.